The number of hydrogen-bond acceptors (Lipinski definition) is 1. The zero-order chi connectivity index (χ0) is 8.69. The molecule has 0 atom stereocenters. The van der Waals surface area contributed by atoms with Crippen LogP contribution in [0.5, 0.6) is 0 Å². The van der Waals surface area contributed by atoms with Gasteiger partial charge >= 0.3 is 0 Å². The summed E-state index contributed by atoms with van der Waals surface area (Å²) in [4.78, 5) is 0. The lowest BCUT2D eigenvalue weighted by molar-refractivity contribution is 0.637. The van der Waals surface area contributed by atoms with Crippen LogP contribution in [0.3, 0.4) is 0 Å². The van der Waals surface area contributed by atoms with Gasteiger partial charge in [0.2, 0.25) is 0 Å². The minimum atomic E-state index is 0.545. The Morgan fingerprint density at radius 3 is 2.18 bits per heavy atom. The highest BCUT2D eigenvalue weighted by Gasteiger charge is 1.87. The van der Waals surface area contributed by atoms with E-state index in [1.54, 1.807) is 0 Å². The van der Waals surface area contributed by atoms with Crippen molar-refractivity contribution in [1.82, 2.24) is 5.32 Å². The van der Waals surface area contributed by atoms with Gasteiger partial charge in [-0.15, -0.1) is 5.92 Å². The van der Waals surface area contributed by atoms with Crippen LogP contribution in [0, 0.1) is 17.8 Å². The average Bonchev–Trinajstić information content (AvgIpc) is 1.85. The van der Waals surface area contributed by atoms with Gasteiger partial charge in [0.15, 0.2) is 0 Å². The van der Waals surface area contributed by atoms with E-state index in [1.807, 2.05) is 0 Å². The summed E-state index contributed by atoms with van der Waals surface area (Å²) in [6.07, 6.45) is 1.01. The van der Waals surface area contributed by atoms with Gasteiger partial charge in [0.25, 0.3) is 0 Å². The van der Waals surface area contributed by atoms with Gasteiger partial charge in [0.05, 0.1) is 6.54 Å². The minimum absolute atomic E-state index is 0.545. The first-order chi connectivity index (χ1) is 5.13. The summed E-state index contributed by atoms with van der Waals surface area (Å²) in [7, 11) is 0. The summed E-state index contributed by atoms with van der Waals surface area (Å²) in [6, 6.07) is 0.545. The van der Waals surface area contributed by atoms with Crippen LogP contribution in [0.2, 0.25) is 0 Å². The number of hydrogen-bond donors (Lipinski definition) is 1. The monoisotopic (exact) mass is 153 g/mol. The fourth-order valence-corrected chi connectivity index (χ4v) is 0.594. The summed E-state index contributed by atoms with van der Waals surface area (Å²) in [5, 5.41) is 3.25. The van der Waals surface area contributed by atoms with Gasteiger partial charge in [-0.25, -0.2) is 0 Å². The molecule has 0 aromatic carbocycles. The Labute approximate surface area is 70.6 Å². The van der Waals surface area contributed by atoms with Crippen LogP contribution in [0.4, 0.5) is 0 Å². The van der Waals surface area contributed by atoms with E-state index in [0.717, 1.165) is 13.0 Å². The van der Waals surface area contributed by atoms with Crippen LogP contribution >= 0.6 is 0 Å². The molecule has 0 aliphatic rings. The zero-order valence-electron chi connectivity index (χ0n) is 8.07. The van der Waals surface area contributed by atoms with Crippen molar-refractivity contribution < 1.29 is 0 Å². The lowest BCUT2D eigenvalue weighted by Crippen LogP contribution is -2.22. The van der Waals surface area contributed by atoms with E-state index in [9.17, 15) is 0 Å². The largest absolute Gasteiger partial charge is 0.304 e. The lowest BCUT2D eigenvalue weighted by Gasteiger charge is -2.01. The maximum absolute atomic E-state index is 3.25. The molecule has 1 nitrogen and oxygen atoms in total. The molecular formula is C10H19N. The van der Waals surface area contributed by atoms with E-state index in [1.165, 1.54) is 0 Å². The van der Waals surface area contributed by atoms with E-state index < -0.39 is 0 Å². The summed E-state index contributed by atoms with van der Waals surface area (Å²) in [5.74, 6) is 6.91. The lowest BCUT2D eigenvalue weighted by atomic mass is 10.1. The first-order valence-electron chi connectivity index (χ1n) is 4.32. The normalized spacial score (nSPS) is 10.0. The van der Waals surface area contributed by atoms with E-state index in [-0.39, 0.29) is 0 Å². The van der Waals surface area contributed by atoms with Crippen LogP contribution in [0.15, 0.2) is 0 Å². The highest BCUT2D eigenvalue weighted by Crippen LogP contribution is 1.95. The Morgan fingerprint density at radius 1 is 1.09 bits per heavy atom. The fourth-order valence-electron chi connectivity index (χ4n) is 0.594. The Kier molecular flexibility index (Phi) is 5.97. The molecule has 0 aromatic rings. The fraction of sp³-hybridized carbons (Fsp3) is 0.800. The smallest absolute Gasteiger partial charge is 0.0578 e. The molecule has 64 valence electrons. The highest BCUT2D eigenvalue weighted by molar-refractivity contribution is 5.01. The van der Waals surface area contributed by atoms with Crippen LogP contribution in [-0.4, -0.2) is 12.6 Å². The van der Waals surface area contributed by atoms with Gasteiger partial charge < -0.3 is 5.32 Å². The van der Waals surface area contributed by atoms with Crippen LogP contribution in [-0.2, 0) is 0 Å². The third-order valence-corrected chi connectivity index (χ3v) is 1.23. The minimum Gasteiger partial charge on any atom is -0.304 e. The molecule has 0 aromatic heterocycles. The maximum Gasteiger partial charge on any atom is 0.0578 e. The molecule has 0 radical (unpaired) electrons. The van der Waals surface area contributed by atoms with Crippen molar-refractivity contribution in [3.63, 3.8) is 0 Å². The summed E-state index contributed by atoms with van der Waals surface area (Å²) in [5.41, 5.74) is 0. The Morgan fingerprint density at radius 2 is 1.73 bits per heavy atom. The Bertz CT molecular complexity index is 137. The summed E-state index contributed by atoms with van der Waals surface area (Å²) < 4.78 is 0. The van der Waals surface area contributed by atoms with Crippen LogP contribution in [0.1, 0.15) is 34.1 Å². The molecule has 0 saturated heterocycles. The first-order valence-corrected chi connectivity index (χ1v) is 4.32. The molecule has 0 aliphatic carbocycles. The van der Waals surface area contributed by atoms with E-state index in [4.69, 9.17) is 0 Å². The zero-order valence-corrected chi connectivity index (χ0v) is 8.07. The molecule has 1 N–H and O–H groups in total. The van der Waals surface area contributed by atoms with Crippen LogP contribution in [0.25, 0.3) is 0 Å². The quantitative estimate of drug-likeness (QED) is 0.612. The SMILES string of the molecule is CC(C)CC#CCNC(C)C. The van der Waals surface area contributed by atoms with Gasteiger partial charge in [-0.05, 0) is 19.8 Å². The van der Waals surface area contributed by atoms with Gasteiger partial charge in [0, 0.05) is 12.5 Å². The third-order valence-electron chi connectivity index (χ3n) is 1.23. The topological polar surface area (TPSA) is 12.0 Å². The van der Waals surface area contributed by atoms with Crippen molar-refractivity contribution in [3.8, 4) is 11.8 Å². The summed E-state index contributed by atoms with van der Waals surface area (Å²) >= 11 is 0. The molecule has 0 heterocycles. The molecule has 0 aliphatic heterocycles. The molecule has 0 bridgehead atoms. The predicted octanol–water partition coefficient (Wildman–Crippen LogP) is 2.03. The van der Waals surface area contributed by atoms with Crippen molar-refractivity contribution in [2.45, 2.75) is 40.2 Å². The second kappa shape index (κ2) is 6.24. The predicted molar refractivity (Wildman–Crippen MR) is 50.4 cm³/mol. The molecular weight excluding hydrogens is 134 g/mol. The van der Waals surface area contributed by atoms with Crippen LogP contribution < -0.4 is 5.32 Å². The second-order valence-electron chi connectivity index (χ2n) is 3.49. The molecule has 0 unspecified atom stereocenters. The second-order valence-corrected chi connectivity index (χ2v) is 3.49. The van der Waals surface area contributed by atoms with Crippen molar-refractivity contribution >= 4 is 0 Å². The Hall–Kier alpha value is -0.480. The van der Waals surface area contributed by atoms with Crippen molar-refractivity contribution in [2.24, 2.45) is 5.92 Å². The van der Waals surface area contributed by atoms with Gasteiger partial charge in [-0.3, -0.25) is 0 Å². The van der Waals surface area contributed by atoms with Gasteiger partial charge in [-0.2, -0.15) is 0 Å². The van der Waals surface area contributed by atoms with E-state index >= 15 is 0 Å². The first kappa shape index (κ1) is 10.5. The van der Waals surface area contributed by atoms with Crippen molar-refractivity contribution in [1.29, 1.82) is 0 Å². The van der Waals surface area contributed by atoms with E-state index in [0.29, 0.717) is 12.0 Å². The van der Waals surface area contributed by atoms with Crippen molar-refractivity contribution in [3.05, 3.63) is 0 Å². The van der Waals surface area contributed by atoms with Gasteiger partial charge in [0.1, 0.15) is 0 Å². The highest BCUT2D eigenvalue weighted by atomic mass is 14.9. The summed E-state index contributed by atoms with van der Waals surface area (Å²) in [6.45, 7) is 9.45. The molecule has 0 saturated carbocycles. The molecule has 11 heavy (non-hydrogen) atoms. The number of nitrogens with one attached hydrogen (secondary N) is 1. The molecule has 0 rings (SSSR count). The standard InChI is InChI=1S/C10H19N/c1-9(2)7-5-6-8-11-10(3)4/h9-11H,7-8H2,1-4H3. The molecule has 1 heteroatoms. The third kappa shape index (κ3) is 9.52. The van der Waals surface area contributed by atoms with Crippen molar-refractivity contribution in [2.75, 3.05) is 6.54 Å². The van der Waals surface area contributed by atoms with Gasteiger partial charge in [-0.1, -0.05) is 19.8 Å². The molecule has 0 amide bonds. The Balaban J connectivity index is 3.26. The molecule has 0 spiro atoms. The molecule has 0 fully saturated rings. The number of rotatable bonds is 3. The maximum atomic E-state index is 3.25. The average molecular weight is 153 g/mol. The van der Waals surface area contributed by atoms with E-state index in [2.05, 4.69) is 44.9 Å².